The van der Waals surface area contributed by atoms with E-state index < -0.39 is 29.1 Å². The maximum atomic E-state index is 14.3. The van der Waals surface area contributed by atoms with Crippen LogP contribution in [-0.2, 0) is 10.2 Å². The molecule has 9 heteroatoms. The Labute approximate surface area is 203 Å². The first-order valence-electron chi connectivity index (χ1n) is 11.0. The van der Waals surface area contributed by atoms with Crippen molar-refractivity contribution in [1.29, 1.82) is 5.26 Å². The lowest BCUT2D eigenvalue weighted by Crippen LogP contribution is -2.68. The number of aliphatic hydroxyl groups excluding tert-OH is 1. The number of carbonyl (C=O) groups excluding carboxylic acids is 2. The number of hydrogen-bond acceptors (Lipinski definition) is 5. The van der Waals surface area contributed by atoms with Crippen LogP contribution in [0.15, 0.2) is 36.4 Å². The average molecular weight is 487 g/mol. The third-order valence-corrected chi connectivity index (χ3v) is 6.60. The molecule has 1 heterocycles. The molecule has 0 saturated carbocycles. The van der Waals surface area contributed by atoms with Crippen LogP contribution in [0.25, 0.3) is 0 Å². The van der Waals surface area contributed by atoms with Crippen LogP contribution in [0, 0.1) is 17.1 Å². The van der Waals surface area contributed by atoms with Gasteiger partial charge in [-0.2, -0.15) is 5.26 Å². The van der Waals surface area contributed by atoms with E-state index in [1.807, 2.05) is 43.0 Å². The number of nitriles is 1. The molecule has 0 bridgehead atoms. The van der Waals surface area contributed by atoms with E-state index in [4.69, 9.17) is 16.9 Å². The van der Waals surface area contributed by atoms with Gasteiger partial charge >= 0.3 is 0 Å². The predicted molar refractivity (Wildman–Crippen MR) is 128 cm³/mol. The minimum Gasteiger partial charge on any atom is -0.395 e. The summed E-state index contributed by atoms with van der Waals surface area (Å²) in [6.07, 6.45) is 0.128. The number of benzene rings is 2. The van der Waals surface area contributed by atoms with Gasteiger partial charge in [-0.05, 0) is 29.2 Å². The van der Waals surface area contributed by atoms with Crippen molar-refractivity contribution in [3.05, 3.63) is 63.9 Å². The van der Waals surface area contributed by atoms with Gasteiger partial charge in [0.05, 0.1) is 40.8 Å². The summed E-state index contributed by atoms with van der Waals surface area (Å²) in [7, 11) is 1.43. The summed E-state index contributed by atoms with van der Waals surface area (Å²) in [6.45, 7) is 4.39. The Morgan fingerprint density at radius 3 is 2.56 bits per heavy atom. The lowest BCUT2D eigenvalue weighted by atomic mass is 9.69. The van der Waals surface area contributed by atoms with Crippen LogP contribution in [0.3, 0.4) is 0 Å². The number of nitrogens with zero attached hydrogens (tertiary/aromatic N) is 2. The Hall–Kier alpha value is -2.99. The van der Waals surface area contributed by atoms with Crippen LogP contribution in [0.1, 0.15) is 47.7 Å². The van der Waals surface area contributed by atoms with Gasteiger partial charge in [0.1, 0.15) is 5.82 Å². The first-order valence-corrected chi connectivity index (χ1v) is 11.4. The topological polar surface area (TPSA) is 105 Å². The van der Waals surface area contributed by atoms with Crippen molar-refractivity contribution in [2.75, 3.05) is 32.1 Å². The maximum Gasteiger partial charge on any atom is 0.253 e. The van der Waals surface area contributed by atoms with Crippen LogP contribution >= 0.6 is 11.6 Å². The molecule has 3 rings (SSSR count). The predicted octanol–water partition coefficient (Wildman–Crippen LogP) is 3.43. The molecule has 1 fully saturated rings. The quantitative estimate of drug-likeness (QED) is 0.530. The van der Waals surface area contributed by atoms with Crippen molar-refractivity contribution in [2.45, 2.75) is 37.6 Å². The van der Waals surface area contributed by atoms with Crippen LogP contribution in [0.4, 0.5) is 10.1 Å². The number of likely N-dealkylation sites (tertiary alicyclic amines) is 1. The molecule has 2 amide bonds. The molecule has 180 valence electrons. The second-order valence-corrected chi connectivity index (χ2v) is 9.18. The second-order valence-electron chi connectivity index (χ2n) is 8.77. The maximum absolute atomic E-state index is 14.3. The van der Waals surface area contributed by atoms with E-state index in [0.717, 1.165) is 17.2 Å². The van der Waals surface area contributed by atoms with E-state index in [1.54, 1.807) is 0 Å². The molecule has 0 aliphatic carbocycles. The molecule has 1 aliphatic heterocycles. The lowest BCUT2D eigenvalue weighted by Gasteiger charge is -2.52. The summed E-state index contributed by atoms with van der Waals surface area (Å²) in [5.74, 6) is -1.54. The molecule has 1 aliphatic rings. The first kappa shape index (κ1) is 25.6. The molecular formula is C25H28ClFN4O3. The summed E-state index contributed by atoms with van der Waals surface area (Å²) >= 11 is 5.88. The summed E-state index contributed by atoms with van der Waals surface area (Å²) < 4.78 is 14.3. The number of nitrogens with one attached hydrogen (secondary N) is 2. The van der Waals surface area contributed by atoms with Gasteiger partial charge in [0.25, 0.3) is 5.91 Å². The SMILES string of the molecule is CNC(=O)c1cc(Cl)c(F)cc1NC(=O)C1(c2ccccc2C(C)C)CN(C(CO)CC#N)C1. The Kier molecular flexibility index (Phi) is 7.93. The number of aliphatic hydroxyl groups is 1. The van der Waals surface area contributed by atoms with Crippen molar-refractivity contribution >= 4 is 29.1 Å². The molecule has 0 radical (unpaired) electrons. The Bertz CT molecular complexity index is 1130. The molecule has 7 nitrogen and oxygen atoms in total. The molecular weight excluding hydrogens is 459 g/mol. The first-order chi connectivity index (χ1) is 16.2. The second kappa shape index (κ2) is 10.5. The lowest BCUT2D eigenvalue weighted by molar-refractivity contribution is -0.130. The number of anilines is 1. The van der Waals surface area contributed by atoms with E-state index in [-0.39, 0.29) is 48.3 Å². The third kappa shape index (κ3) is 4.78. The normalized spacial score (nSPS) is 15.8. The fraction of sp³-hybridized carbons (Fsp3) is 0.400. The zero-order valence-electron chi connectivity index (χ0n) is 19.4. The highest BCUT2D eigenvalue weighted by Crippen LogP contribution is 2.41. The molecule has 1 atom stereocenters. The zero-order valence-corrected chi connectivity index (χ0v) is 20.1. The van der Waals surface area contributed by atoms with Crippen molar-refractivity contribution in [2.24, 2.45) is 0 Å². The van der Waals surface area contributed by atoms with Crippen LogP contribution in [-0.4, -0.2) is 54.6 Å². The van der Waals surface area contributed by atoms with E-state index in [0.29, 0.717) is 0 Å². The summed E-state index contributed by atoms with van der Waals surface area (Å²) in [5, 5.41) is 23.8. The van der Waals surface area contributed by atoms with Gasteiger partial charge in [-0.3, -0.25) is 14.5 Å². The standard InChI is InChI=1S/C25H28ClFN4O3/c1-15(2)17-6-4-5-7-19(17)25(13-31(14-25)16(12-32)8-9-28)24(34)30-22-11-21(27)20(26)10-18(22)23(33)29-3/h4-7,10-11,15-16,32H,8,12-14H2,1-3H3,(H,29,33)(H,30,34). The smallest absolute Gasteiger partial charge is 0.253 e. The number of hydrogen-bond donors (Lipinski definition) is 3. The van der Waals surface area contributed by atoms with E-state index in [2.05, 4.69) is 16.7 Å². The van der Waals surface area contributed by atoms with Gasteiger partial charge in [-0.15, -0.1) is 0 Å². The number of amides is 2. The van der Waals surface area contributed by atoms with Crippen molar-refractivity contribution in [3.63, 3.8) is 0 Å². The number of halogens is 2. The monoisotopic (exact) mass is 486 g/mol. The Balaban J connectivity index is 2.05. The largest absolute Gasteiger partial charge is 0.395 e. The zero-order chi connectivity index (χ0) is 25.0. The third-order valence-electron chi connectivity index (χ3n) is 6.31. The summed E-state index contributed by atoms with van der Waals surface area (Å²) in [5.41, 5.74) is 0.861. The molecule has 3 N–H and O–H groups in total. The van der Waals surface area contributed by atoms with Crippen molar-refractivity contribution in [1.82, 2.24) is 10.2 Å². The average Bonchev–Trinajstić information content (AvgIpc) is 2.79. The molecule has 1 saturated heterocycles. The highest BCUT2D eigenvalue weighted by molar-refractivity contribution is 6.31. The highest BCUT2D eigenvalue weighted by Gasteiger charge is 2.53. The minimum absolute atomic E-state index is 0.0156. The minimum atomic E-state index is -1.01. The number of carbonyl (C=O) groups is 2. The molecule has 0 aromatic heterocycles. The molecule has 2 aromatic rings. The van der Waals surface area contributed by atoms with E-state index >= 15 is 0 Å². The van der Waals surface area contributed by atoms with Crippen LogP contribution < -0.4 is 10.6 Å². The van der Waals surface area contributed by atoms with E-state index in [1.165, 1.54) is 13.1 Å². The molecule has 34 heavy (non-hydrogen) atoms. The van der Waals surface area contributed by atoms with Gasteiger partial charge in [-0.1, -0.05) is 49.7 Å². The summed E-state index contributed by atoms with van der Waals surface area (Å²) in [4.78, 5) is 28.1. The van der Waals surface area contributed by atoms with Gasteiger partial charge in [0.2, 0.25) is 5.91 Å². The molecule has 0 spiro atoms. The van der Waals surface area contributed by atoms with Gasteiger partial charge < -0.3 is 15.7 Å². The van der Waals surface area contributed by atoms with Crippen molar-refractivity contribution in [3.8, 4) is 6.07 Å². The summed E-state index contributed by atoms with van der Waals surface area (Å²) in [6, 6.07) is 11.5. The Morgan fingerprint density at radius 1 is 1.29 bits per heavy atom. The number of rotatable bonds is 8. The van der Waals surface area contributed by atoms with Crippen molar-refractivity contribution < 1.29 is 19.1 Å². The molecule has 1 unspecified atom stereocenters. The highest BCUT2D eigenvalue weighted by atomic mass is 35.5. The van der Waals surface area contributed by atoms with E-state index in [9.17, 15) is 19.1 Å². The van der Waals surface area contributed by atoms with Gasteiger partial charge in [-0.25, -0.2) is 4.39 Å². The Morgan fingerprint density at radius 2 is 1.97 bits per heavy atom. The van der Waals surface area contributed by atoms with Gasteiger partial charge in [0.15, 0.2) is 0 Å². The fourth-order valence-corrected chi connectivity index (χ4v) is 4.57. The molecule has 2 aromatic carbocycles. The fourth-order valence-electron chi connectivity index (χ4n) is 4.41. The van der Waals surface area contributed by atoms with Crippen LogP contribution in [0.5, 0.6) is 0 Å². The van der Waals surface area contributed by atoms with Crippen LogP contribution in [0.2, 0.25) is 5.02 Å². The van der Waals surface area contributed by atoms with Gasteiger partial charge in [0, 0.05) is 26.2 Å².